The van der Waals surface area contributed by atoms with Crippen LogP contribution in [0.2, 0.25) is 0 Å². The highest BCUT2D eigenvalue weighted by molar-refractivity contribution is 5.83. The summed E-state index contributed by atoms with van der Waals surface area (Å²) in [5.74, 6) is 3.44. The van der Waals surface area contributed by atoms with Crippen molar-refractivity contribution in [1.82, 2.24) is 0 Å². The van der Waals surface area contributed by atoms with Gasteiger partial charge in [-0.05, 0) is 91.8 Å². The molecular formula is C22H36O3. The van der Waals surface area contributed by atoms with Gasteiger partial charge >= 0.3 is 0 Å². The van der Waals surface area contributed by atoms with Gasteiger partial charge in [0, 0.05) is 5.92 Å². The fourth-order valence-electron chi connectivity index (χ4n) is 8.23. The van der Waals surface area contributed by atoms with Gasteiger partial charge in [0.25, 0.3) is 0 Å². The van der Waals surface area contributed by atoms with Crippen LogP contribution >= 0.6 is 0 Å². The smallest absolute Gasteiger partial charge is 0.161 e. The summed E-state index contributed by atoms with van der Waals surface area (Å²) in [5, 5.41) is 19.8. The molecular weight excluding hydrogens is 312 g/mol. The lowest BCUT2D eigenvalue weighted by molar-refractivity contribution is -0.147. The topological polar surface area (TPSA) is 57.5 Å². The van der Waals surface area contributed by atoms with Crippen molar-refractivity contribution < 1.29 is 15.0 Å². The molecule has 25 heavy (non-hydrogen) atoms. The first kappa shape index (κ1) is 18.0. The van der Waals surface area contributed by atoms with E-state index in [1.165, 1.54) is 32.1 Å². The number of hydrogen-bond donors (Lipinski definition) is 2. The lowest BCUT2D eigenvalue weighted by atomic mass is 9.44. The van der Waals surface area contributed by atoms with Crippen molar-refractivity contribution in [2.75, 3.05) is 6.61 Å². The normalized spacial score (nSPS) is 55.2. The van der Waals surface area contributed by atoms with Gasteiger partial charge in [-0.15, -0.1) is 0 Å². The molecule has 4 aliphatic carbocycles. The van der Waals surface area contributed by atoms with E-state index in [4.69, 9.17) is 0 Å². The molecule has 2 N–H and O–H groups in total. The Morgan fingerprint density at radius 2 is 1.76 bits per heavy atom. The minimum atomic E-state index is -0.281. The van der Waals surface area contributed by atoms with Gasteiger partial charge in [-0.1, -0.05) is 20.8 Å². The van der Waals surface area contributed by atoms with E-state index in [0.29, 0.717) is 23.2 Å². The predicted molar refractivity (Wildman–Crippen MR) is 97.9 cm³/mol. The highest BCUT2D eigenvalue weighted by atomic mass is 16.3. The first-order chi connectivity index (χ1) is 11.8. The third-order valence-corrected chi connectivity index (χ3v) is 9.55. The molecule has 0 aromatic rings. The molecule has 3 nitrogen and oxygen atoms in total. The highest BCUT2D eigenvalue weighted by Gasteiger charge is 2.61. The minimum Gasteiger partial charge on any atom is -0.393 e. The molecule has 142 valence electrons. The monoisotopic (exact) mass is 348 g/mol. The zero-order chi connectivity index (χ0) is 18.0. The molecule has 9 atom stereocenters. The van der Waals surface area contributed by atoms with Crippen LogP contribution in [0, 0.1) is 46.3 Å². The molecule has 0 amide bonds. The molecule has 0 radical (unpaired) electrons. The number of aliphatic hydroxyl groups excluding tert-OH is 2. The lowest BCUT2D eigenvalue weighted by Crippen LogP contribution is -2.55. The summed E-state index contributed by atoms with van der Waals surface area (Å²) in [7, 11) is 0. The minimum absolute atomic E-state index is 0.0813. The summed E-state index contributed by atoms with van der Waals surface area (Å²) in [6.07, 6.45) is 9.14. The van der Waals surface area contributed by atoms with E-state index in [1.54, 1.807) is 0 Å². The average Bonchev–Trinajstić information content (AvgIpc) is 2.93. The largest absolute Gasteiger partial charge is 0.393 e. The second-order valence-electron chi connectivity index (χ2n) is 10.4. The van der Waals surface area contributed by atoms with Crippen molar-refractivity contribution in [3.05, 3.63) is 0 Å². The Kier molecular flexibility index (Phi) is 4.35. The summed E-state index contributed by atoms with van der Waals surface area (Å²) >= 11 is 0. The van der Waals surface area contributed by atoms with Crippen LogP contribution in [0.4, 0.5) is 0 Å². The number of aliphatic hydroxyl groups is 2. The Bertz CT molecular complexity index is 545. The van der Waals surface area contributed by atoms with Crippen LogP contribution in [0.3, 0.4) is 0 Å². The van der Waals surface area contributed by atoms with Gasteiger partial charge in [0.1, 0.15) is 6.61 Å². The summed E-state index contributed by atoms with van der Waals surface area (Å²) < 4.78 is 0. The maximum absolute atomic E-state index is 12.3. The van der Waals surface area contributed by atoms with Gasteiger partial charge in [0.15, 0.2) is 5.78 Å². The second-order valence-corrected chi connectivity index (χ2v) is 10.4. The van der Waals surface area contributed by atoms with Crippen LogP contribution < -0.4 is 0 Å². The Balaban J connectivity index is 1.61. The van der Waals surface area contributed by atoms with E-state index in [-0.39, 0.29) is 29.8 Å². The van der Waals surface area contributed by atoms with Crippen molar-refractivity contribution >= 4 is 5.78 Å². The van der Waals surface area contributed by atoms with E-state index < -0.39 is 0 Å². The zero-order valence-corrected chi connectivity index (χ0v) is 16.2. The maximum Gasteiger partial charge on any atom is 0.161 e. The molecule has 0 bridgehead atoms. The van der Waals surface area contributed by atoms with Crippen LogP contribution in [0.1, 0.15) is 72.1 Å². The number of carbonyl (C=O) groups is 1. The molecule has 3 heteroatoms. The van der Waals surface area contributed by atoms with Crippen molar-refractivity contribution in [3.8, 4) is 0 Å². The third kappa shape index (κ3) is 2.48. The Labute approximate surface area is 152 Å². The van der Waals surface area contributed by atoms with E-state index in [1.807, 2.05) is 0 Å². The van der Waals surface area contributed by atoms with E-state index in [0.717, 1.165) is 31.1 Å². The number of hydrogen-bond acceptors (Lipinski definition) is 3. The van der Waals surface area contributed by atoms with Crippen molar-refractivity contribution in [1.29, 1.82) is 0 Å². The van der Waals surface area contributed by atoms with Gasteiger partial charge in [-0.3, -0.25) is 4.79 Å². The van der Waals surface area contributed by atoms with Crippen LogP contribution in [0.25, 0.3) is 0 Å². The third-order valence-electron chi connectivity index (χ3n) is 9.55. The Morgan fingerprint density at radius 3 is 2.48 bits per heavy atom. The van der Waals surface area contributed by atoms with Gasteiger partial charge in [-0.2, -0.15) is 0 Å². The van der Waals surface area contributed by atoms with Crippen LogP contribution in [0.15, 0.2) is 0 Å². The molecule has 0 aromatic heterocycles. The van der Waals surface area contributed by atoms with Gasteiger partial charge in [0.05, 0.1) is 6.10 Å². The van der Waals surface area contributed by atoms with Crippen LogP contribution in [-0.2, 0) is 4.79 Å². The Morgan fingerprint density at radius 1 is 1.04 bits per heavy atom. The number of Topliss-reactive ketones (excluding diaryl/α,β-unsaturated/α-hetero) is 1. The SMILES string of the molecule is C[C@H]1C[C@@]2(C)[C@@H](CC[C@@H]3[C@@H]2CC[C@]2(C)[C@@H](C(=O)CO)CC[C@@H]32)C[C@@H]1O. The fourth-order valence-corrected chi connectivity index (χ4v) is 8.23. The summed E-state index contributed by atoms with van der Waals surface area (Å²) in [6, 6.07) is 0. The van der Waals surface area contributed by atoms with Crippen molar-refractivity contribution in [2.45, 2.75) is 78.2 Å². The summed E-state index contributed by atoms with van der Waals surface area (Å²) in [6.45, 7) is 6.82. The number of carbonyl (C=O) groups excluding carboxylic acids is 1. The van der Waals surface area contributed by atoms with E-state index in [9.17, 15) is 15.0 Å². The summed E-state index contributed by atoms with van der Waals surface area (Å²) in [5.41, 5.74) is 0.492. The molecule has 0 aliphatic heterocycles. The lowest BCUT2D eigenvalue weighted by Gasteiger charge is -2.61. The molecule has 0 aromatic carbocycles. The predicted octanol–water partition coefficient (Wildman–Crippen LogP) is 3.81. The molecule has 4 saturated carbocycles. The number of fused-ring (bicyclic) bond motifs is 5. The van der Waals surface area contributed by atoms with Crippen molar-refractivity contribution in [2.24, 2.45) is 46.3 Å². The fraction of sp³-hybridized carbons (Fsp3) is 0.955. The molecule has 4 rings (SSSR count). The van der Waals surface area contributed by atoms with Crippen molar-refractivity contribution in [3.63, 3.8) is 0 Å². The van der Waals surface area contributed by atoms with Crippen LogP contribution in [-0.4, -0.2) is 28.7 Å². The van der Waals surface area contributed by atoms with Crippen LogP contribution in [0.5, 0.6) is 0 Å². The van der Waals surface area contributed by atoms with Gasteiger partial charge in [0.2, 0.25) is 0 Å². The zero-order valence-electron chi connectivity index (χ0n) is 16.2. The first-order valence-corrected chi connectivity index (χ1v) is 10.6. The Hall–Kier alpha value is -0.410. The average molecular weight is 349 g/mol. The summed E-state index contributed by atoms with van der Waals surface area (Å²) in [4.78, 5) is 12.3. The van der Waals surface area contributed by atoms with E-state index in [2.05, 4.69) is 20.8 Å². The second kappa shape index (κ2) is 6.05. The number of rotatable bonds is 2. The quantitative estimate of drug-likeness (QED) is 0.798. The molecule has 4 aliphatic rings. The highest BCUT2D eigenvalue weighted by Crippen LogP contribution is 2.67. The molecule has 4 fully saturated rings. The molecule has 0 heterocycles. The van der Waals surface area contributed by atoms with Gasteiger partial charge in [-0.25, -0.2) is 0 Å². The standard InChI is InChI=1S/C22H36O3/c1-13-11-22(3)14(10-19(13)24)4-5-15-16-6-7-18(20(25)12-23)21(16,2)9-8-17(15)22/h13-19,23-24H,4-12H2,1-3H3/t13-,14-,15-,16-,17-,18+,19-,21-,22-/m0/s1. The number of ketones is 1. The first-order valence-electron chi connectivity index (χ1n) is 10.6. The van der Waals surface area contributed by atoms with Gasteiger partial charge < -0.3 is 10.2 Å². The molecule has 0 spiro atoms. The van der Waals surface area contributed by atoms with E-state index >= 15 is 0 Å². The molecule has 0 saturated heterocycles. The molecule has 0 unspecified atom stereocenters. The maximum atomic E-state index is 12.3.